The number of ether oxygens (including phenoxy) is 4. The van der Waals surface area contributed by atoms with Gasteiger partial charge in [-0.25, -0.2) is 8.42 Å². The molecule has 2 aromatic rings. The lowest BCUT2D eigenvalue weighted by atomic mass is 9.65. The van der Waals surface area contributed by atoms with E-state index in [-0.39, 0.29) is 42.9 Å². The van der Waals surface area contributed by atoms with Crippen molar-refractivity contribution in [1.82, 2.24) is 4.31 Å². The average molecular weight is 600 g/mol. The molecule has 0 bridgehead atoms. The zero-order valence-electron chi connectivity index (χ0n) is 25.4. The summed E-state index contributed by atoms with van der Waals surface area (Å²) in [5, 5.41) is -0.601. The van der Waals surface area contributed by atoms with Gasteiger partial charge in [0.25, 0.3) is 0 Å². The summed E-state index contributed by atoms with van der Waals surface area (Å²) in [5.74, 6) is 1.69. The van der Waals surface area contributed by atoms with Gasteiger partial charge < -0.3 is 23.7 Å². The minimum Gasteiger partial charge on any atom is -0.497 e. The SMILES string of the molecule is COCCO[C@@H](C1=C[C@H]([C@H](C)[C@@H](C)S(=O)(=O)N(Cc2ccc(OC)cc2)Cc2ccc(OC)cc2)C1)[C@@H]1CC[C@H]1C=O. The van der Waals surface area contributed by atoms with E-state index in [9.17, 15) is 13.2 Å². The first-order chi connectivity index (χ1) is 20.2. The fourth-order valence-corrected chi connectivity index (χ4v) is 7.75. The van der Waals surface area contributed by atoms with Crippen LogP contribution in [-0.4, -0.2) is 64.9 Å². The highest BCUT2D eigenvalue weighted by Gasteiger charge is 2.44. The zero-order chi connectivity index (χ0) is 30.3. The second kappa shape index (κ2) is 14.6. The highest BCUT2D eigenvalue weighted by Crippen LogP contribution is 2.46. The van der Waals surface area contributed by atoms with Crippen molar-refractivity contribution in [3.63, 3.8) is 0 Å². The van der Waals surface area contributed by atoms with Gasteiger partial charge in [0.1, 0.15) is 17.8 Å². The fraction of sp³-hybridized carbons (Fsp3) is 0.545. The standard InChI is InChI=1S/C33H45NO7S/c1-23(28-18-29(19-28)33(41-17-16-38-3)32-15-10-27(32)22-35)24(2)42(36,37)34(20-25-6-11-30(39-4)12-7-25)21-26-8-13-31(40-5)14-9-26/h6-9,11-14,18,22-24,27-28,32-33H,10,15-17,19-21H2,1-5H3/t23-,24-,27+,28+,32-,33+/m1/s1. The summed E-state index contributed by atoms with van der Waals surface area (Å²) in [7, 11) is 1.19. The zero-order valence-corrected chi connectivity index (χ0v) is 26.2. The summed E-state index contributed by atoms with van der Waals surface area (Å²) < 4.78 is 51.9. The van der Waals surface area contributed by atoms with Crippen molar-refractivity contribution < 1.29 is 32.2 Å². The fourth-order valence-electron chi connectivity index (χ4n) is 5.88. The lowest BCUT2D eigenvalue weighted by Gasteiger charge is -2.44. The Morgan fingerprint density at radius 3 is 1.86 bits per heavy atom. The molecule has 0 N–H and O–H groups in total. The maximum atomic E-state index is 14.2. The van der Waals surface area contributed by atoms with Crippen LogP contribution in [0.1, 0.15) is 44.2 Å². The number of carbonyl (C=O) groups excluding carboxylic acids is 1. The Morgan fingerprint density at radius 2 is 1.43 bits per heavy atom. The van der Waals surface area contributed by atoms with Crippen LogP contribution in [0.15, 0.2) is 60.2 Å². The van der Waals surface area contributed by atoms with Crippen LogP contribution in [0.5, 0.6) is 11.5 Å². The van der Waals surface area contributed by atoms with Crippen LogP contribution < -0.4 is 9.47 Å². The summed E-state index contributed by atoms with van der Waals surface area (Å²) >= 11 is 0. The molecule has 4 rings (SSSR count). The highest BCUT2D eigenvalue weighted by atomic mass is 32.2. The van der Waals surface area contributed by atoms with Gasteiger partial charge >= 0.3 is 0 Å². The number of benzene rings is 2. The highest BCUT2D eigenvalue weighted by molar-refractivity contribution is 7.89. The van der Waals surface area contributed by atoms with Crippen LogP contribution in [0.3, 0.4) is 0 Å². The molecule has 0 saturated heterocycles. The molecule has 1 fully saturated rings. The van der Waals surface area contributed by atoms with Crippen molar-refractivity contribution >= 4 is 16.3 Å². The summed E-state index contributed by atoms with van der Waals surface area (Å²) in [4.78, 5) is 11.5. The number of nitrogens with zero attached hydrogens (tertiary/aromatic N) is 1. The van der Waals surface area contributed by atoms with Crippen molar-refractivity contribution in [3.8, 4) is 11.5 Å². The van der Waals surface area contributed by atoms with Gasteiger partial charge in [0.15, 0.2) is 0 Å². The van der Waals surface area contributed by atoms with Crippen molar-refractivity contribution in [1.29, 1.82) is 0 Å². The number of carbonyl (C=O) groups is 1. The molecule has 230 valence electrons. The van der Waals surface area contributed by atoms with Crippen LogP contribution >= 0.6 is 0 Å². The van der Waals surface area contributed by atoms with Crippen LogP contribution in [0.4, 0.5) is 0 Å². The molecule has 2 aromatic carbocycles. The van der Waals surface area contributed by atoms with Crippen molar-refractivity contribution in [3.05, 3.63) is 71.3 Å². The Balaban J connectivity index is 1.51. The van der Waals surface area contributed by atoms with Crippen LogP contribution in [0.2, 0.25) is 0 Å². The molecule has 8 nitrogen and oxygen atoms in total. The quantitative estimate of drug-likeness (QED) is 0.139. The van der Waals surface area contributed by atoms with Gasteiger partial charge in [-0.2, -0.15) is 4.31 Å². The maximum absolute atomic E-state index is 14.2. The number of sulfonamides is 1. The monoisotopic (exact) mass is 599 g/mol. The van der Waals surface area contributed by atoms with Crippen molar-refractivity contribution in [2.75, 3.05) is 34.5 Å². The minimum atomic E-state index is -3.68. The number of methoxy groups -OCH3 is 3. The van der Waals surface area contributed by atoms with Gasteiger partial charge in [0.05, 0.1) is 38.8 Å². The number of aldehydes is 1. The molecule has 0 aromatic heterocycles. The predicted octanol–water partition coefficient (Wildman–Crippen LogP) is 5.26. The minimum absolute atomic E-state index is 0.0266. The summed E-state index contributed by atoms with van der Waals surface area (Å²) in [5.41, 5.74) is 2.96. The molecule has 42 heavy (non-hydrogen) atoms. The van der Waals surface area contributed by atoms with Crippen LogP contribution in [-0.2, 0) is 37.4 Å². The summed E-state index contributed by atoms with van der Waals surface area (Å²) in [6.07, 6.45) is 5.77. The molecular formula is C33H45NO7S. The molecule has 9 heteroatoms. The number of rotatable bonds is 17. The largest absolute Gasteiger partial charge is 0.497 e. The van der Waals surface area contributed by atoms with Crippen LogP contribution in [0, 0.1) is 23.7 Å². The van der Waals surface area contributed by atoms with Gasteiger partial charge in [0.2, 0.25) is 10.0 Å². The molecule has 0 spiro atoms. The van der Waals surface area contributed by atoms with Gasteiger partial charge in [-0.05, 0) is 84.9 Å². The molecule has 0 unspecified atom stereocenters. The van der Waals surface area contributed by atoms with E-state index in [0.717, 1.165) is 48.2 Å². The predicted molar refractivity (Wildman–Crippen MR) is 163 cm³/mol. The third kappa shape index (κ3) is 7.43. The van der Waals surface area contributed by atoms with E-state index in [0.29, 0.717) is 13.2 Å². The second-order valence-corrected chi connectivity index (χ2v) is 13.8. The van der Waals surface area contributed by atoms with E-state index in [1.54, 1.807) is 25.6 Å². The van der Waals surface area contributed by atoms with Crippen molar-refractivity contribution in [2.24, 2.45) is 23.7 Å². The van der Waals surface area contributed by atoms with Gasteiger partial charge in [-0.15, -0.1) is 0 Å². The molecule has 0 amide bonds. The van der Waals surface area contributed by atoms with Crippen molar-refractivity contribution in [2.45, 2.75) is 57.6 Å². The average Bonchev–Trinajstić information content (AvgIpc) is 2.96. The molecule has 0 aliphatic heterocycles. The van der Waals surface area contributed by atoms with Gasteiger partial charge in [-0.3, -0.25) is 0 Å². The second-order valence-electron chi connectivity index (χ2n) is 11.5. The Labute approximate surface area is 251 Å². The summed E-state index contributed by atoms with van der Waals surface area (Å²) in [6.45, 7) is 5.32. The smallest absolute Gasteiger partial charge is 0.217 e. The van der Waals surface area contributed by atoms with Gasteiger partial charge in [0, 0.05) is 26.1 Å². The first-order valence-corrected chi connectivity index (χ1v) is 16.2. The number of hydrogen-bond acceptors (Lipinski definition) is 7. The molecule has 6 atom stereocenters. The Kier molecular flexibility index (Phi) is 11.2. The Hall–Kier alpha value is -2.72. The first-order valence-electron chi connectivity index (χ1n) is 14.7. The third-order valence-corrected chi connectivity index (χ3v) is 11.4. The van der Waals surface area contributed by atoms with E-state index in [1.807, 2.05) is 62.4 Å². The molecular weight excluding hydrogens is 554 g/mol. The molecule has 2 aliphatic carbocycles. The number of hydrogen-bond donors (Lipinski definition) is 0. The van der Waals surface area contributed by atoms with Gasteiger partial charge in [-0.1, -0.05) is 37.3 Å². The van der Waals surface area contributed by atoms with Crippen LogP contribution in [0.25, 0.3) is 0 Å². The van der Waals surface area contributed by atoms with E-state index in [2.05, 4.69) is 6.08 Å². The molecule has 1 saturated carbocycles. The van der Waals surface area contributed by atoms with E-state index in [1.165, 1.54) is 5.57 Å². The van der Waals surface area contributed by atoms with E-state index >= 15 is 0 Å². The Morgan fingerprint density at radius 1 is 0.881 bits per heavy atom. The lowest BCUT2D eigenvalue weighted by molar-refractivity contribution is -0.120. The maximum Gasteiger partial charge on any atom is 0.217 e. The molecule has 0 radical (unpaired) electrons. The Bertz CT molecular complexity index is 1240. The topological polar surface area (TPSA) is 91.4 Å². The molecule has 2 aliphatic rings. The third-order valence-electron chi connectivity index (χ3n) is 9.08. The lowest BCUT2D eigenvalue weighted by Crippen LogP contribution is -2.45. The normalized spacial score (nSPS) is 22.3. The summed E-state index contributed by atoms with van der Waals surface area (Å²) in [6, 6.07) is 15.0. The number of allylic oxidation sites excluding steroid dienone is 1. The van der Waals surface area contributed by atoms with E-state index in [4.69, 9.17) is 18.9 Å². The molecule has 0 heterocycles. The first kappa shape index (κ1) is 32.2. The van der Waals surface area contributed by atoms with E-state index < -0.39 is 15.3 Å².